The van der Waals surface area contributed by atoms with E-state index in [1.807, 2.05) is 11.8 Å². The molecule has 0 amide bonds. The van der Waals surface area contributed by atoms with Crippen LogP contribution in [0.4, 0.5) is 0 Å². The van der Waals surface area contributed by atoms with Crippen LogP contribution in [-0.2, 0) is 0 Å². The molecule has 0 heterocycles. The minimum Gasteiger partial charge on any atom is -0.123 e. The Morgan fingerprint density at radius 3 is 2.36 bits per heavy atom. The van der Waals surface area contributed by atoms with Gasteiger partial charge >= 0.3 is 0 Å². The molecular formula is C13H14S. The second kappa shape index (κ2) is 4.05. The average molecular weight is 202 g/mol. The third-order valence-corrected chi connectivity index (χ3v) is 3.09. The van der Waals surface area contributed by atoms with Gasteiger partial charge in [0.1, 0.15) is 0 Å². The van der Waals surface area contributed by atoms with E-state index < -0.39 is 0 Å². The summed E-state index contributed by atoms with van der Waals surface area (Å²) in [6.07, 6.45) is 0. The molecule has 0 saturated heterocycles. The molecule has 0 aliphatic rings. The van der Waals surface area contributed by atoms with Crippen molar-refractivity contribution in [1.82, 2.24) is 0 Å². The van der Waals surface area contributed by atoms with Crippen LogP contribution >= 0.6 is 11.8 Å². The molecule has 0 aliphatic carbocycles. The Labute approximate surface area is 89.3 Å². The molecule has 14 heavy (non-hydrogen) atoms. The number of thioether (sulfide) groups is 1. The number of hydrogen-bond acceptors (Lipinski definition) is 1. The summed E-state index contributed by atoms with van der Waals surface area (Å²) in [5, 5.41) is 3.30. The molecular weight excluding hydrogens is 188 g/mol. The number of benzene rings is 2. The molecule has 0 aliphatic heterocycles. The summed E-state index contributed by atoms with van der Waals surface area (Å²) < 4.78 is 0. The molecule has 0 fully saturated rings. The van der Waals surface area contributed by atoms with Crippen LogP contribution in [0.3, 0.4) is 0 Å². The van der Waals surface area contributed by atoms with Crippen molar-refractivity contribution in [3.63, 3.8) is 0 Å². The summed E-state index contributed by atoms with van der Waals surface area (Å²) in [4.78, 5) is 1.36. The van der Waals surface area contributed by atoms with Crippen LogP contribution in [0.15, 0.2) is 47.4 Å². The Hall–Kier alpha value is -0.950. The zero-order valence-electron chi connectivity index (χ0n) is 8.53. The second-order valence-electron chi connectivity index (χ2n) is 3.68. The van der Waals surface area contributed by atoms with Gasteiger partial charge in [-0.15, -0.1) is 11.8 Å². The predicted octanol–water partition coefficient (Wildman–Crippen LogP) is 4.34. The van der Waals surface area contributed by atoms with Gasteiger partial charge in [-0.2, -0.15) is 0 Å². The van der Waals surface area contributed by atoms with Crippen LogP contribution in [-0.4, -0.2) is 5.25 Å². The van der Waals surface area contributed by atoms with Crippen molar-refractivity contribution in [3.8, 4) is 0 Å². The largest absolute Gasteiger partial charge is 0.123 e. The van der Waals surface area contributed by atoms with Crippen LogP contribution in [0, 0.1) is 0 Å². The van der Waals surface area contributed by atoms with E-state index >= 15 is 0 Å². The zero-order chi connectivity index (χ0) is 9.97. The van der Waals surface area contributed by atoms with E-state index in [-0.39, 0.29) is 0 Å². The molecule has 0 saturated carbocycles. The van der Waals surface area contributed by atoms with Crippen molar-refractivity contribution in [3.05, 3.63) is 42.5 Å². The first-order chi connectivity index (χ1) is 6.75. The van der Waals surface area contributed by atoms with Gasteiger partial charge in [0, 0.05) is 10.1 Å². The minimum absolute atomic E-state index is 0.649. The molecule has 72 valence electrons. The summed E-state index contributed by atoms with van der Waals surface area (Å²) in [5.41, 5.74) is 0. The minimum atomic E-state index is 0.649. The van der Waals surface area contributed by atoms with E-state index in [0.717, 1.165) is 0 Å². The van der Waals surface area contributed by atoms with Crippen molar-refractivity contribution in [1.29, 1.82) is 0 Å². The van der Waals surface area contributed by atoms with E-state index in [2.05, 4.69) is 56.3 Å². The number of hydrogen-bond donors (Lipinski definition) is 0. The van der Waals surface area contributed by atoms with Crippen molar-refractivity contribution >= 4 is 22.5 Å². The fourth-order valence-corrected chi connectivity index (χ4v) is 2.40. The van der Waals surface area contributed by atoms with E-state index in [4.69, 9.17) is 0 Å². The highest BCUT2D eigenvalue weighted by atomic mass is 32.2. The van der Waals surface area contributed by atoms with Crippen LogP contribution in [0.1, 0.15) is 13.8 Å². The molecule has 0 N–H and O–H groups in total. The van der Waals surface area contributed by atoms with Gasteiger partial charge in [-0.25, -0.2) is 0 Å². The maximum absolute atomic E-state index is 2.26. The third kappa shape index (κ3) is 2.10. The summed E-state index contributed by atoms with van der Waals surface area (Å²) in [6, 6.07) is 15.1. The average Bonchev–Trinajstić information content (AvgIpc) is 2.17. The van der Waals surface area contributed by atoms with E-state index in [0.29, 0.717) is 5.25 Å². The van der Waals surface area contributed by atoms with Gasteiger partial charge in [0.15, 0.2) is 0 Å². The van der Waals surface area contributed by atoms with E-state index in [1.54, 1.807) is 0 Å². The summed E-state index contributed by atoms with van der Waals surface area (Å²) in [7, 11) is 0. The summed E-state index contributed by atoms with van der Waals surface area (Å²) in [5.74, 6) is 0. The first-order valence-corrected chi connectivity index (χ1v) is 5.79. The standard InChI is InChI=1S/C13H14S/c1-10(2)14-13-8-7-11-5-3-4-6-12(11)9-13/h3-10H,1-2H3. The fourth-order valence-electron chi connectivity index (χ4n) is 1.51. The lowest BCUT2D eigenvalue weighted by atomic mass is 10.1. The monoisotopic (exact) mass is 202 g/mol. The SMILES string of the molecule is CC(C)Sc1ccc2ccccc2c1. The lowest BCUT2D eigenvalue weighted by Gasteiger charge is -2.05. The first kappa shape index (κ1) is 9.60. The quantitative estimate of drug-likeness (QED) is 0.653. The molecule has 2 aromatic rings. The smallest absolute Gasteiger partial charge is 0.00809 e. The molecule has 2 rings (SSSR count). The van der Waals surface area contributed by atoms with Crippen LogP contribution in [0.2, 0.25) is 0 Å². The highest BCUT2D eigenvalue weighted by molar-refractivity contribution is 7.99. The second-order valence-corrected chi connectivity index (χ2v) is 5.33. The molecule has 0 bridgehead atoms. The lowest BCUT2D eigenvalue weighted by Crippen LogP contribution is -1.85. The van der Waals surface area contributed by atoms with Crippen LogP contribution in [0.5, 0.6) is 0 Å². The van der Waals surface area contributed by atoms with Gasteiger partial charge in [-0.05, 0) is 22.9 Å². The fraction of sp³-hybridized carbons (Fsp3) is 0.231. The van der Waals surface area contributed by atoms with Gasteiger partial charge in [0.05, 0.1) is 0 Å². The Morgan fingerprint density at radius 2 is 1.64 bits per heavy atom. The Morgan fingerprint density at radius 1 is 0.929 bits per heavy atom. The van der Waals surface area contributed by atoms with Crippen LogP contribution in [0.25, 0.3) is 10.8 Å². The summed E-state index contributed by atoms with van der Waals surface area (Å²) >= 11 is 1.91. The van der Waals surface area contributed by atoms with Gasteiger partial charge in [0.2, 0.25) is 0 Å². The van der Waals surface area contributed by atoms with E-state index in [1.165, 1.54) is 15.7 Å². The van der Waals surface area contributed by atoms with Gasteiger partial charge in [-0.3, -0.25) is 0 Å². The molecule has 2 aromatic carbocycles. The van der Waals surface area contributed by atoms with Crippen molar-refractivity contribution in [2.75, 3.05) is 0 Å². The predicted molar refractivity (Wildman–Crippen MR) is 64.9 cm³/mol. The maximum Gasteiger partial charge on any atom is 0.00809 e. The lowest BCUT2D eigenvalue weighted by molar-refractivity contribution is 1.11. The Balaban J connectivity index is 2.41. The van der Waals surface area contributed by atoms with Gasteiger partial charge < -0.3 is 0 Å². The van der Waals surface area contributed by atoms with Gasteiger partial charge in [-0.1, -0.05) is 44.2 Å². The highest BCUT2D eigenvalue weighted by Gasteiger charge is 1.99. The van der Waals surface area contributed by atoms with Gasteiger partial charge in [0.25, 0.3) is 0 Å². The molecule has 0 radical (unpaired) electrons. The topological polar surface area (TPSA) is 0 Å². The number of fused-ring (bicyclic) bond motifs is 1. The van der Waals surface area contributed by atoms with Crippen molar-refractivity contribution in [2.24, 2.45) is 0 Å². The molecule has 1 heteroatoms. The normalized spacial score (nSPS) is 11.1. The molecule has 0 spiro atoms. The van der Waals surface area contributed by atoms with Crippen LogP contribution < -0.4 is 0 Å². The molecule has 0 nitrogen and oxygen atoms in total. The van der Waals surface area contributed by atoms with E-state index in [9.17, 15) is 0 Å². The Kier molecular flexibility index (Phi) is 2.78. The number of rotatable bonds is 2. The molecule has 0 aromatic heterocycles. The van der Waals surface area contributed by atoms with Crippen molar-refractivity contribution in [2.45, 2.75) is 24.0 Å². The zero-order valence-corrected chi connectivity index (χ0v) is 9.34. The summed E-state index contributed by atoms with van der Waals surface area (Å²) in [6.45, 7) is 4.44. The molecule has 0 atom stereocenters. The highest BCUT2D eigenvalue weighted by Crippen LogP contribution is 2.26. The Bertz CT molecular complexity index is 432. The first-order valence-electron chi connectivity index (χ1n) is 4.91. The molecule has 0 unspecified atom stereocenters. The maximum atomic E-state index is 2.26. The third-order valence-electron chi connectivity index (χ3n) is 2.09. The van der Waals surface area contributed by atoms with Crippen molar-refractivity contribution < 1.29 is 0 Å².